The van der Waals surface area contributed by atoms with E-state index in [0.29, 0.717) is 16.8 Å². The minimum Gasteiger partial charge on any atom is -0.453 e. The van der Waals surface area contributed by atoms with E-state index < -0.39 is 18.0 Å². The maximum absolute atomic E-state index is 12.5. The van der Waals surface area contributed by atoms with Crippen molar-refractivity contribution in [2.45, 2.75) is 46.6 Å². The maximum Gasteiger partial charge on any atom is 0.306 e. The first kappa shape index (κ1) is 22.2. The van der Waals surface area contributed by atoms with Crippen molar-refractivity contribution >= 4 is 29.4 Å². The largest absolute Gasteiger partial charge is 0.453 e. The summed E-state index contributed by atoms with van der Waals surface area (Å²) in [4.78, 5) is 50.5. The molecule has 1 atom stereocenters. The summed E-state index contributed by atoms with van der Waals surface area (Å²) >= 11 is 0. The average molecular weight is 422 g/mol. The molecule has 0 spiro atoms. The number of ether oxygens (including phenoxy) is 1. The summed E-state index contributed by atoms with van der Waals surface area (Å²) in [5.41, 5.74) is 4.27. The summed E-state index contributed by atoms with van der Waals surface area (Å²) in [7, 11) is 0. The van der Waals surface area contributed by atoms with Crippen LogP contribution in [-0.4, -0.2) is 41.2 Å². The molecule has 0 aromatic heterocycles. The molecule has 1 aliphatic rings. The predicted octanol–water partition coefficient (Wildman–Crippen LogP) is 3.56. The highest BCUT2D eigenvalue weighted by Crippen LogP contribution is 2.24. The van der Waals surface area contributed by atoms with Crippen LogP contribution in [0, 0.1) is 20.8 Å². The van der Waals surface area contributed by atoms with Gasteiger partial charge in [-0.05, 0) is 63.4 Å². The van der Waals surface area contributed by atoms with Crippen LogP contribution >= 0.6 is 0 Å². The molecule has 7 nitrogen and oxygen atoms in total. The summed E-state index contributed by atoms with van der Waals surface area (Å²) in [6.45, 7) is 7.28. The molecule has 3 amide bonds. The van der Waals surface area contributed by atoms with Crippen LogP contribution in [0.1, 0.15) is 57.2 Å². The molecule has 0 saturated carbocycles. The van der Waals surface area contributed by atoms with E-state index in [4.69, 9.17) is 4.74 Å². The number of anilines is 1. The van der Waals surface area contributed by atoms with Crippen LogP contribution in [0.25, 0.3) is 0 Å². The lowest BCUT2D eigenvalue weighted by molar-refractivity contribution is -0.153. The zero-order valence-electron chi connectivity index (χ0n) is 18.2. The van der Waals surface area contributed by atoms with Gasteiger partial charge in [-0.25, -0.2) is 0 Å². The standard InChI is InChI=1S/C24H26N2O5/c1-14-8-10-18-19(12-14)24(30)26(23(18)29)11-5-6-21(27)31-17(4)22(28)25-20-13-15(2)7-9-16(20)3/h7-10,12-13,17H,5-6,11H2,1-4H3,(H,25,28). The predicted molar refractivity (Wildman–Crippen MR) is 116 cm³/mol. The molecule has 162 valence electrons. The summed E-state index contributed by atoms with van der Waals surface area (Å²) in [6, 6.07) is 10.8. The molecule has 3 rings (SSSR count). The van der Waals surface area contributed by atoms with Crippen molar-refractivity contribution < 1.29 is 23.9 Å². The van der Waals surface area contributed by atoms with Crippen molar-refractivity contribution in [2.24, 2.45) is 0 Å². The zero-order valence-corrected chi connectivity index (χ0v) is 18.2. The zero-order chi connectivity index (χ0) is 22.7. The van der Waals surface area contributed by atoms with Crippen molar-refractivity contribution in [1.82, 2.24) is 4.90 Å². The Balaban J connectivity index is 1.48. The van der Waals surface area contributed by atoms with Gasteiger partial charge in [0.2, 0.25) is 0 Å². The van der Waals surface area contributed by atoms with Crippen molar-refractivity contribution in [1.29, 1.82) is 0 Å². The fourth-order valence-corrected chi connectivity index (χ4v) is 3.40. The van der Waals surface area contributed by atoms with E-state index in [-0.39, 0.29) is 31.2 Å². The second-order valence-electron chi connectivity index (χ2n) is 7.85. The second-order valence-corrected chi connectivity index (χ2v) is 7.85. The number of aryl methyl sites for hydroxylation is 3. The number of imide groups is 1. The Bertz CT molecular complexity index is 1060. The molecule has 0 aliphatic carbocycles. The third-order valence-electron chi connectivity index (χ3n) is 5.22. The number of esters is 1. The van der Waals surface area contributed by atoms with E-state index >= 15 is 0 Å². The summed E-state index contributed by atoms with van der Waals surface area (Å²) < 4.78 is 5.21. The number of amides is 3. The summed E-state index contributed by atoms with van der Waals surface area (Å²) in [5.74, 6) is -1.68. The molecule has 2 aromatic rings. The lowest BCUT2D eigenvalue weighted by Gasteiger charge is -2.16. The highest BCUT2D eigenvalue weighted by molar-refractivity contribution is 6.21. The van der Waals surface area contributed by atoms with Crippen molar-refractivity contribution in [2.75, 3.05) is 11.9 Å². The van der Waals surface area contributed by atoms with Gasteiger partial charge in [0.25, 0.3) is 17.7 Å². The first-order chi connectivity index (χ1) is 14.7. The highest BCUT2D eigenvalue weighted by atomic mass is 16.5. The lowest BCUT2D eigenvalue weighted by Crippen LogP contribution is -2.32. The van der Waals surface area contributed by atoms with Crippen LogP contribution in [0.5, 0.6) is 0 Å². The number of nitrogens with zero attached hydrogens (tertiary/aromatic N) is 1. The number of nitrogens with one attached hydrogen (secondary N) is 1. The van der Waals surface area contributed by atoms with Crippen LogP contribution in [0.3, 0.4) is 0 Å². The monoisotopic (exact) mass is 422 g/mol. The van der Waals surface area contributed by atoms with Gasteiger partial charge in [0.15, 0.2) is 6.10 Å². The van der Waals surface area contributed by atoms with Gasteiger partial charge in [-0.1, -0.05) is 23.8 Å². The minimum absolute atomic E-state index is 0.00642. The van der Waals surface area contributed by atoms with Gasteiger partial charge in [0.05, 0.1) is 11.1 Å². The first-order valence-corrected chi connectivity index (χ1v) is 10.2. The second kappa shape index (κ2) is 9.12. The molecule has 0 saturated heterocycles. The Labute approximate surface area is 181 Å². The average Bonchev–Trinajstić information content (AvgIpc) is 2.94. The number of carbonyl (C=O) groups excluding carboxylic acids is 4. The Morgan fingerprint density at radius 3 is 2.35 bits per heavy atom. The molecule has 1 N–H and O–H groups in total. The van der Waals surface area contributed by atoms with Gasteiger partial charge < -0.3 is 10.1 Å². The Morgan fingerprint density at radius 2 is 1.61 bits per heavy atom. The van der Waals surface area contributed by atoms with Crippen molar-refractivity contribution in [3.63, 3.8) is 0 Å². The number of rotatable bonds is 7. The Morgan fingerprint density at radius 1 is 0.968 bits per heavy atom. The molecule has 0 radical (unpaired) electrons. The molecule has 2 aromatic carbocycles. The number of hydrogen-bond donors (Lipinski definition) is 1. The molecule has 0 bridgehead atoms. The number of benzene rings is 2. The Kier molecular flexibility index (Phi) is 6.53. The molecule has 1 unspecified atom stereocenters. The normalized spacial score (nSPS) is 13.7. The molecule has 0 fully saturated rings. The lowest BCUT2D eigenvalue weighted by atomic mass is 10.1. The fraction of sp³-hybridized carbons (Fsp3) is 0.333. The Hall–Kier alpha value is -3.48. The molecular formula is C24H26N2O5. The van der Waals surface area contributed by atoms with E-state index in [1.165, 1.54) is 6.92 Å². The van der Waals surface area contributed by atoms with Gasteiger partial charge >= 0.3 is 5.97 Å². The van der Waals surface area contributed by atoms with E-state index in [2.05, 4.69) is 5.32 Å². The van der Waals surface area contributed by atoms with Crippen molar-refractivity contribution in [3.05, 3.63) is 64.2 Å². The topological polar surface area (TPSA) is 92.8 Å². The van der Waals surface area contributed by atoms with Crippen LogP contribution in [-0.2, 0) is 14.3 Å². The minimum atomic E-state index is -0.963. The fourth-order valence-electron chi connectivity index (χ4n) is 3.40. The summed E-state index contributed by atoms with van der Waals surface area (Å²) in [5, 5.41) is 2.77. The SMILES string of the molecule is Cc1ccc(C)c(NC(=O)C(C)OC(=O)CCCN2C(=O)c3ccc(C)cc3C2=O)c1. The molecule has 31 heavy (non-hydrogen) atoms. The molecular weight excluding hydrogens is 396 g/mol. The number of carbonyl (C=O) groups is 4. The van der Waals surface area contributed by atoms with E-state index in [9.17, 15) is 19.2 Å². The van der Waals surface area contributed by atoms with Crippen molar-refractivity contribution in [3.8, 4) is 0 Å². The third kappa shape index (κ3) is 4.99. The van der Waals surface area contributed by atoms with E-state index in [1.807, 2.05) is 39.0 Å². The quantitative estimate of drug-likeness (QED) is 0.544. The van der Waals surface area contributed by atoms with Gasteiger partial charge in [-0.3, -0.25) is 24.1 Å². The van der Waals surface area contributed by atoms with Gasteiger partial charge in [0.1, 0.15) is 0 Å². The number of fused-ring (bicyclic) bond motifs is 1. The summed E-state index contributed by atoms with van der Waals surface area (Å²) in [6.07, 6.45) is -0.711. The molecule has 1 heterocycles. The molecule has 7 heteroatoms. The van der Waals surface area contributed by atoms with Gasteiger partial charge in [-0.15, -0.1) is 0 Å². The van der Waals surface area contributed by atoms with Crippen LogP contribution < -0.4 is 5.32 Å². The maximum atomic E-state index is 12.5. The molecule has 1 aliphatic heterocycles. The van der Waals surface area contributed by atoms with E-state index in [0.717, 1.165) is 21.6 Å². The number of hydrogen-bond acceptors (Lipinski definition) is 5. The first-order valence-electron chi connectivity index (χ1n) is 10.2. The van der Waals surface area contributed by atoms with Crippen LogP contribution in [0.15, 0.2) is 36.4 Å². The van der Waals surface area contributed by atoms with E-state index in [1.54, 1.807) is 18.2 Å². The third-order valence-corrected chi connectivity index (χ3v) is 5.22. The highest BCUT2D eigenvalue weighted by Gasteiger charge is 2.35. The van der Waals surface area contributed by atoms with Crippen LogP contribution in [0.4, 0.5) is 5.69 Å². The van der Waals surface area contributed by atoms with Gasteiger partial charge in [-0.2, -0.15) is 0 Å². The van der Waals surface area contributed by atoms with Crippen LogP contribution in [0.2, 0.25) is 0 Å². The van der Waals surface area contributed by atoms with Gasteiger partial charge in [0, 0.05) is 18.7 Å². The smallest absolute Gasteiger partial charge is 0.306 e.